The van der Waals surface area contributed by atoms with Gasteiger partial charge in [0.1, 0.15) is 11.6 Å². The van der Waals surface area contributed by atoms with E-state index in [1.807, 2.05) is 6.07 Å². The average Bonchev–Trinajstić information content (AvgIpc) is 3.30. The number of rotatable bonds is 5. The van der Waals surface area contributed by atoms with Crippen molar-refractivity contribution in [2.45, 2.75) is 0 Å². The van der Waals surface area contributed by atoms with Crippen LogP contribution >= 0.6 is 0 Å². The first-order valence-corrected chi connectivity index (χ1v) is 9.77. The van der Waals surface area contributed by atoms with Gasteiger partial charge in [-0.3, -0.25) is 4.79 Å². The number of esters is 1. The fourth-order valence-corrected chi connectivity index (χ4v) is 3.35. The molecule has 0 saturated carbocycles. The Morgan fingerprint density at radius 1 is 1.03 bits per heavy atom. The van der Waals surface area contributed by atoms with Gasteiger partial charge in [0.05, 0.1) is 31.6 Å². The molecular weight excluding hydrogens is 403 g/mol. The fraction of sp³-hybridized carbons (Fsp3) is 0.217. The van der Waals surface area contributed by atoms with Crippen molar-refractivity contribution in [1.82, 2.24) is 0 Å². The Kier molecular flexibility index (Phi) is 5.99. The first-order valence-electron chi connectivity index (χ1n) is 9.77. The van der Waals surface area contributed by atoms with E-state index in [1.54, 1.807) is 30.3 Å². The first-order chi connectivity index (χ1) is 15.0. The van der Waals surface area contributed by atoms with Crippen molar-refractivity contribution in [3.8, 4) is 11.3 Å². The van der Waals surface area contributed by atoms with Crippen LogP contribution in [-0.2, 0) is 9.47 Å². The third-order valence-electron chi connectivity index (χ3n) is 4.99. The first kappa shape index (κ1) is 20.6. The van der Waals surface area contributed by atoms with E-state index in [4.69, 9.17) is 13.9 Å². The molecule has 2 heterocycles. The highest BCUT2D eigenvalue weighted by Gasteiger charge is 2.20. The van der Waals surface area contributed by atoms with Gasteiger partial charge in [-0.15, -0.1) is 0 Å². The SMILES string of the molecule is COC(=O)c1cc(N2CCOCC2)ccc1NC(=O)c1ccc(-c2ccc(F)cc2)o1. The molecule has 0 radical (unpaired) electrons. The van der Waals surface area contributed by atoms with Gasteiger partial charge in [-0.1, -0.05) is 0 Å². The second kappa shape index (κ2) is 9.01. The summed E-state index contributed by atoms with van der Waals surface area (Å²) < 4.78 is 29.0. The smallest absolute Gasteiger partial charge is 0.340 e. The summed E-state index contributed by atoms with van der Waals surface area (Å²) in [7, 11) is 1.29. The zero-order chi connectivity index (χ0) is 21.8. The lowest BCUT2D eigenvalue weighted by molar-refractivity contribution is 0.0602. The van der Waals surface area contributed by atoms with E-state index in [9.17, 15) is 14.0 Å². The van der Waals surface area contributed by atoms with Gasteiger partial charge >= 0.3 is 5.97 Å². The Morgan fingerprint density at radius 2 is 1.77 bits per heavy atom. The van der Waals surface area contributed by atoms with Crippen molar-refractivity contribution < 1.29 is 27.9 Å². The monoisotopic (exact) mass is 424 g/mol. The van der Waals surface area contributed by atoms with E-state index < -0.39 is 11.9 Å². The summed E-state index contributed by atoms with van der Waals surface area (Å²) in [6.07, 6.45) is 0. The number of amides is 1. The summed E-state index contributed by atoms with van der Waals surface area (Å²) in [5, 5.41) is 2.71. The lowest BCUT2D eigenvalue weighted by Gasteiger charge is -2.29. The number of halogens is 1. The summed E-state index contributed by atoms with van der Waals surface area (Å²) in [6.45, 7) is 2.65. The second-order valence-electron chi connectivity index (χ2n) is 6.95. The minimum Gasteiger partial charge on any atom is -0.465 e. The molecule has 160 valence electrons. The minimum atomic E-state index is -0.558. The van der Waals surface area contributed by atoms with Crippen LogP contribution in [0.2, 0.25) is 0 Å². The third kappa shape index (κ3) is 4.59. The van der Waals surface area contributed by atoms with Gasteiger partial charge in [0.2, 0.25) is 0 Å². The fourth-order valence-electron chi connectivity index (χ4n) is 3.35. The molecule has 1 fully saturated rings. The number of ether oxygens (including phenoxy) is 2. The lowest BCUT2D eigenvalue weighted by atomic mass is 10.1. The normalized spacial score (nSPS) is 13.7. The summed E-state index contributed by atoms with van der Waals surface area (Å²) >= 11 is 0. The zero-order valence-electron chi connectivity index (χ0n) is 16.9. The molecule has 8 heteroatoms. The molecule has 31 heavy (non-hydrogen) atoms. The third-order valence-corrected chi connectivity index (χ3v) is 4.99. The number of furan rings is 1. The number of carbonyl (C=O) groups is 2. The molecule has 3 aromatic rings. The highest BCUT2D eigenvalue weighted by Crippen LogP contribution is 2.27. The van der Waals surface area contributed by atoms with Gasteiger partial charge in [0, 0.05) is 24.3 Å². The van der Waals surface area contributed by atoms with Crippen LogP contribution in [0.3, 0.4) is 0 Å². The molecule has 0 unspecified atom stereocenters. The Hall–Kier alpha value is -3.65. The Morgan fingerprint density at radius 3 is 2.48 bits per heavy atom. The molecular formula is C23H21FN2O5. The van der Waals surface area contributed by atoms with E-state index in [0.717, 1.165) is 5.69 Å². The molecule has 1 saturated heterocycles. The van der Waals surface area contributed by atoms with Crippen LogP contribution in [0.4, 0.5) is 15.8 Å². The van der Waals surface area contributed by atoms with Crippen molar-refractivity contribution in [2.24, 2.45) is 0 Å². The summed E-state index contributed by atoms with van der Waals surface area (Å²) in [6, 6.07) is 14.1. The number of nitrogens with one attached hydrogen (secondary N) is 1. The second-order valence-corrected chi connectivity index (χ2v) is 6.95. The maximum atomic E-state index is 13.1. The highest BCUT2D eigenvalue weighted by atomic mass is 19.1. The number of anilines is 2. The van der Waals surface area contributed by atoms with E-state index in [2.05, 4.69) is 10.2 Å². The van der Waals surface area contributed by atoms with Gasteiger partial charge < -0.3 is 24.1 Å². The van der Waals surface area contributed by atoms with Crippen molar-refractivity contribution in [3.63, 3.8) is 0 Å². The minimum absolute atomic E-state index is 0.0624. The van der Waals surface area contributed by atoms with Gasteiger partial charge in [0.15, 0.2) is 5.76 Å². The molecule has 1 aromatic heterocycles. The van der Waals surface area contributed by atoms with Crippen molar-refractivity contribution >= 4 is 23.3 Å². The predicted octanol–water partition coefficient (Wildman–Crippen LogP) is 3.96. The van der Waals surface area contributed by atoms with Crippen molar-refractivity contribution in [3.05, 3.63) is 71.7 Å². The number of carbonyl (C=O) groups excluding carboxylic acids is 2. The molecule has 0 spiro atoms. The molecule has 1 amide bonds. The molecule has 4 rings (SSSR count). The molecule has 1 aliphatic heterocycles. The molecule has 2 aromatic carbocycles. The van der Waals surface area contributed by atoms with E-state index >= 15 is 0 Å². The molecule has 0 atom stereocenters. The van der Waals surface area contributed by atoms with Crippen LogP contribution in [0, 0.1) is 5.82 Å². The molecule has 0 aliphatic carbocycles. The standard InChI is InChI=1S/C23H21FN2O5/c1-29-23(28)18-14-17(26-10-12-30-13-11-26)6-7-19(18)25-22(27)21-9-8-20(31-21)15-2-4-16(24)5-3-15/h2-9,14H,10-13H2,1H3,(H,25,27). The van der Waals surface area contributed by atoms with Gasteiger partial charge in [0.25, 0.3) is 5.91 Å². The largest absolute Gasteiger partial charge is 0.465 e. The van der Waals surface area contributed by atoms with Crippen LogP contribution in [-0.4, -0.2) is 45.3 Å². The Labute approximate surface area is 178 Å². The van der Waals surface area contributed by atoms with E-state index in [-0.39, 0.29) is 17.1 Å². The van der Waals surface area contributed by atoms with E-state index in [0.29, 0.717) is 43.3 Å². The maximum Gasteiger partial charge on any atom is 0.340 e. The van der Waals surface area contributed by atoms with Crippen LogP contribution in [0.5, 0.6) is 0 Å². The van der Waals surface area contributed by atoms with Gasteiger partial charge in [-0.25, -0.2) is 9.18 Å². The number of hydrogen-bond donors (Lipinski definition) is 1. The molecule has 0 bridgehead atoms. The van der Waals surface area contributed by atoms with Crippen LogP contribution < -0.4 is 10.2 Å². The van der Waals surface area contributed by atoms with Crippen LogP contribution in [0.25, 0.3) is 11.3 Å². The van der Waals surface area contributed by atoms with Crippen molar-refractivity contribution in [2.75, 3.05) is 43.6 Å². The van der Waals surface area contributed by atoms with Gasteiger partial charge in [-0.2, -0.15) is 0 Å². The van der Waals surface area contributed by atoms with Gasteiger partial charge in [-0.05, 0) is 54.6 Å². The number of benzene rings is 2. The zero-order valence-corrected chi connectivity index (χ0v) is 16.9. The predicted molar refractivity (Wildman–Crippen MR) is 113 cm³/mol. The lowest BCUT2D eigenvalue weighted by Crippen LogP contribution is -2.36. The maximum absolute atomic E-state index is 13.1. The van der Waals surface area contributed by atoms with E-state index in [1.165, 1.54) is 25.3 Å². The number of methoxy groups -OCH3 is 1. The number of morpholine rings is 1. The Balaban J connectivity index is 1.56. The van der Waals surface area contributed by atoms with Crippen molar-refractivity contribution in [1.29, 1.82) is 0 Å². The molecule has 1 aliphatic rings. The summed E-state index contributed by atoms with van der Waals surface area (Å²) in [5.41, 5.74) is 2.04. The highest BCUT2D eigenvalue weighted by molar-refractivity contribution is 6.07. The number of nitrogens with zero attached hydrogens (tertiary/aromatic N) is 1. The van der Waals surface area contributed by atoms with Crippen LogP contribution in [0.15, 0.2) is 59.0 Å². The topological polar surface area (TPSA) is 81.0 Å². The molecule has 7 nitrogen and oxygen atoms in total. The summed E-state index contributed by atoms with van der Waals surface area (Å²) in [4.78, 5) is 27.2. The van der Waals surface area contributed by atoms with Crippen LogP contribution in [0.1, 0.15) is 20.9 Å². The Bertz CT molecular complexity index is 1090. The quantitative estimate of drug-likeness (QED) is 0.625. The molecule has 1 N–H and O–H groups in total. The number of hydrogen-bond acceptors (Lipinski definition) is 6. The summed E-state index contributed by atoms with van der Waals surface area (Å²) in [5.74, 6) is -0.938. The average molecular weight is 424 g/mol.